The Morgan fingerprint density at radius 3 is 2.44 bits per heavy atom. The number of aryl methyl sites for hydroxylation is 1. The number of halogens is 2. The molecule has 0 aromatic heterocycles. The standard InChI is InChI=1S/C14H16F2O2/c1-9-4-5-10(12(15)16)11(8-9)14(13(17)18)6-2-3-7-14/h4-5,8,12H,2-3,6-7H2,1H3,(H,17,18). The lowest BCUT2D eigenvalue weighted by atomic mass is 9.76. The summed E-state index contributed by atoms with van der Waals surface area (Å²) in [5.41, 5.74) is -0.119. The number of alkyl halides is 2. The van der Waals surface area contributed by atoms with Gasteiger partial charge in [0.05, 0.1) is 5.41 Å². The van der Waals surface area contributed by atoms with Crippen LogP contribution in [0.3, 0.4) is 0 Å². The molecular weight excluding hydrogens is 238 g/mol. The van der Waals surface area contributed by atoms with E-state index >= 15 is 0 Å². The molecule has 1 aliphatic rings. The fourth-order valence-electron chi connectivity index (χ4n) is 2.85. The first-order valence-electron chi connectivity index (χ1n) is 6.10. The van der Waals surface area contributed by atoms with Gasteiger partial charge < -0.3 is 5.11 Å². The van der Waals surface area contributed by atoms with E-state index in [-0.39, 0.29) is 5.56 Å². The molecule has 0 atom stereocenters. The van der Waals surface area contributed by atoms with E-state index in [1.165, 1.54) is 6.07 Å². The van der Waals surface area contributed by atoms with Gasteiger partial charge in [0.1, 0.15) is 0 Å². The highest BCUT2D eigenvalue weighted by Gasteiger charge is 2.45. The Labute approximate surface area is 105 Å². The van der Waals surface area contributed by atoms with Crippen LogP contribution in [0, 0.1) is 6.92 Å². The van der Waals surface area contributed by atoms with Gasteiger partial charge in [-0.05, 0) is 25.3 Å². The summed E-state index contributed by atoms with van der Waals surface area (Å²) in [5, 5.41) is 9.47. The summed E-state index contributed by atoms with van der Waals surface area (Å²) in [6, 6.07) is 4.58. The summed E-state index contributed by atoms with van der Waals surface area (Å²) in [6.45, 7) is 1.79. The predicted molar refractivity (Wildman–Crippen MR) is 63.9 cm³/mol. The van der Waals surface area contributed by atoms with Gasteiger partial charge in [0.25, 0.3) is 6.43 Å². The van der Waals surface area contributed by atoms with Crippen LogP contribution in [0.2, 0.25) is 0 Å². The molecule has 4 heteroatoms. The van der Waals surface area contributed by atoms with Crippen LogP contribution in [0.25, 0.3) is 0 Å². The molecule has 1 N–H and O–H groups in total. The van der Waals surface area contributed by atoms with Crippen molar-refractivity contribution in [2.24, 2.45) is 0 Å². The molecule has 1 aromatic carbocycles. The summed E-state index contributed by atoms with van der Waals surface area (Å²) in [6.07, 6.45) is -0.166. The van der Waals surface area contributed by atoms with Crippen molar-refractivity contribution in [3.63, 3.8) is 0 Å². The van der Waals surface area contributed by atoms with Gasteiger partial charge in [-0.25, -0.2) is 8.78 Å². The van der Waals surface area contributed by atoms with Crippen LogP contribution in [0.15, 0.2) is 18.2 Å². The van der Waals surface area contributed by atoms with Crippen molar-refractivity contribution in [3.05, 3.63) is 34.9 Å². The third-order valence-corrected chi connectivity index (χ3v) is 3.83. The van der Waals surface area contributed by atoms with Crippen LogP contribution >= 0.6 is 0 Å². The zero-order valence-corrected chi connectivity index (χ0v) is 10.2. The zero-order valence-electron chi connectivity index (χ0n) is 10.2. The Morgan fingerprint density at radius 2 is 1.94 bits per heavy atom. The fourth-order valence-corrected chi connectivity index (χ4v) is 2.85. The van der Waals surface area contributed by atoms with E-state index < -0.39 is 17.8 Å². The van der Waals surface area contributed by atoms with Crippen molar-refractivity contribution >= 4 is 5.97 Å². The van der Waals surface area contributed by atoms with Crippen molar-refractivity contribution < 1.29 is 18.7 Å². The minimum Gasteiger partial charge on any atom is -0.481 e. The molecule has 0 bridgehead atoms. The first kappa shape index (κ1) is 13.0. The molecule has 1 saturated carbocycles. The largest absolute Gasteiger partial charge is 0.481 e. The number of carboxylic acid groups (broad SMARTS) is 1. The minimum atomic E-state index is -2.63. The maximum atomic E-state index is 13.1. The molecular formula is C14H16F2O2. The number of rotatable bonds is 3. The topological polar surface area (TPSA) is 37.3 Å². The van der Waals surface area contributed by atoms with E-state index in [1.54, 1.807) is 19.1 Å². The minimum absolute atomic E-state index is 0.134. The number of aliphatic carboxylic acids is 1. The Kier molecular flexibility index (Phi) is 3.37. The molecule has 18 heavy (non-hydrogen) atoms. The van der Waals surface area contributed by atoms with Crippen molar-refractivity contribution in [3.8, 4) is 0 Å². The van der Waals surface area contributed by atoms with Gasteiger partial charge in [0.2, 0.25) is 0 Å². The number of hydrogen-bond donors (Lipinski definition) is 1. The highest BCUT2D eigenvalue weighted by molar-refractivity contribution is 5.82. The molecule has 0 unspecified atom stereocenters. The van der Waals surface area contributed by atoms with Crippen LogP contribution in [0.1, 0.15) is 48.8 Å². The molecule has 2 rings (SSSR count). The SMILES string of the molecule is Cc1ccc(C(F)F)c(C2(C(=O)O)CCCC2)c1. The molecule has 0 radical (unpaired) electrons. The van der Waals surface area contributed by atoms with Gasteiger partial charge in [-0.2, -0.15) is 0 Å². The molecule has 1 fully saturated rings. The van der Waals surface area contributed by atoms with Gasteiger partial charge in [-0.1, -0.05) is 36.6 Å². The summed E-state index contributed by atoms with van der Waals surface area (Å²) in [4.78, 5) is 11.6. The van der Waals surface area contributed by atoms with Gasteiger partial charge in [0.15, 0.2) is 0 Å². The number of benzene rings is 1. The average Bonchev–Trinajstić information content (AvgIpc) is 2.78. The molecule has 0 saturated heterocycles. The second kappa shape index (κ2) is 4.67. The molecule has 98 valence electrons. The van der Waals surface area contributed by atoms with E-state index in [0.717, 1.165) is 18.4 Å². The Hall–Kier alpha value is -1.45. The van der Waals surface area contributed by atoms with Crippen LogP contribution in [0.5, 0.6) is 0 Å². The zero-order chi connectivity index (χ0) is 13.3. The first-order chi connectivity index (χ1) is 8.47. The lowest BCUT2D eigenvalue weighted by molar-refractivity contribution is -0.143. The third kappa shape index (κ3) is 2.00. The van der Waals surface area contributed by atoms with E-state index in [4.69, 9.17) is 0 Å². The number of carbonyl (C=O) groups is 1. The summed E-state index contributed by atoms with van der Waals surface area (Å²) < 4.78 is 26.1. The van der Waals surface area contributed by atoms with E-state index in [2.05, 4.69) is 0 Å². The number of hydrogen-bond acceptors (Lipinski definition) is 1. The maximum absolute atomic E-state index is 13.1. The van der Waals surface area contributed by atoms with Crippen LogP contribution in [-0.4, -0.2) is 11.1 Å². The van der Waals surface area contributed by atoms with Crippen LogP contribution in [-0.2, 0) is 10.2 Å². The smallest absolute Gasteiger partial charge is 0.314 e. The van der Waals surface area contributed by atoms with E-state index in [9.17, 15) is 18.7 Å². The Balaban J connectivity index is 2.60. The van der Waals surface area contributed by atoms with Gasteiger partial charge >= 0.3 is 5.97 Å². The fraction of sp³-hybridized carbons (Fsp3) is 0.500. The molecule has 0 heterocycles. The molecule has 0 aliphatic heterocycles. The van der Waals surface area contributed by atoms with Crippen molar-refractivity contribution in [1.29, 1.82) is 0 Å². The second-order valence-corrected chi connectivity index (χ2v) is 4.99. The van der Waals surface area contributed by atoms with Gasteiger partial charge in [0, 0.05) is 5.56 Å². The van der Waals surface area contributed by atoms with E-state index in [0.29, 0.717) is 18.4 Å². The predicted octanol–water partition coefficient (Wildman–Crippen LogP) is 3.83. The first-order valence-corrected chi connectivity index (χ1v) is 6.10. The molecule has 0 amide bonds. The van der Waals surface area contributed by atoms with Crippen molar-refractivity contribution in [2.75, 3.05) is 0 Å². The van der Waals surface area contributed by atoms with Gasteiger partial charge in [-0.15, -0.1) is 0 Å². The quantitative estimate of drug-likeness (QED) is 0.890. The lowest BCUT2D eigenvalue weighted by Crippen LogP contribution is -2.33. The molecule has 0 spiro atoms. The van der Waals surface area contributed by atoms with Crippen LogP contribution < -0.4 is 0 Å². The normalized spacial score (nSPS) is 18.2. The maximum Gasteiger partial charge on any atom is 0.314 e. The van der Waals surface area contributed by atoms with E-state index in [1.807, 2.05) is 0 Å². The average molecular weight is 254 g/mol. The molecule has 2 nitrogen and oxygen atoms in total. The Bertz CT molecular complexity index is 463. The van der Waals surface area contributed by atoms with Crippen molar-refractivity contribution in [2.45, 2.75) is 44.4 Å². The third-order valence-electron chi connectivity index (χ3n) is 3.83. The highest BCUT2D eigenvalue weighted by atomic mass is 19.3. The lowest BCUT2D eigenvalue weighted by Gasteiger charge is -2.27. The Morgan fingerprint density at radius 1 is 1.33 bits per heavy atom. The summed E-state index contributed by atoms with van der Waals surface area (Å²) >= 11 is 0. The van der Waals surface area contributed by atoms with Crippen molar-refractivity contribution in [1.82, 2.24) is 0 Å². The van der Waals surface area contributed by atoms with Crippen LogP contribution in [0.4, 0.5) is 8.78 Å². The molecule has 1 aliphatic carbocycles. The summed E-state index contributed by atoms with van der Waals surface area (Å²) in [7, 11) is 0. The monoisotopic (exact) mass is 254 g/mol. The highest BCUT2D eigenvalue weighted by Crippen LogP contribution is 2.44. The number of carboxylic acids is 1. The molecule has 1 aromatic rings. The second-order valence-electron chi connectivity index (χ2n) is 4.99. The van der Waals surface area contributed by atoms with Gasteiger partial charge in [-0.3, -0.25) is 4.79 Å². The summed E-state index contributed by atoms with van der Waals surface area (Å²) in [5.74, 6) is -0.979.